The average molecular weight is 224 g/mol. The Morgan fingerprint density at radius 1 is 1.38 bits per heavy atom. The number of benzene rings is 1. The lowest BCUT2D eigenvalue weighted by Crippen LogP contribution is -2.37. The van der Waals surface area contributed by atoms with Gasteiger partial charge in [-0.05, 0) is 13.0 Å². The average Bonchev–Trinajstić information content (AvgIpc) is 2.29. The lowest BCUT2D eigenvalue weighted by molar-refractivity contribution is -0.145. The van der Waals surface area contributed by atoms with Gasteiger partial charge in [-0.15, -0.1) is 0 Å². The van der Waals surface area contributed by atoms with Crippen molar-refractivity contribution in [1.82, 2.24) is 0 Å². The number of hydrogen-bond acceptors (Lipinski definition) is 3. The van der Waals surface area contributed by atoms with E-state index in [9.17, 15) is 9.90 Å². The third kappa shape index (κ3) is 2.17. The Balaban J connectivity index is 3.25. The summed E-state index contributed by atoms with van der Waals surface area (Å²) in [7, 11) is 3.00. The molecule has 4 heteroatoms. The van der Waals surface area contributed by atoms with E-state index >= 15 is 0 Å². The van der Waals surface area contributed by atoms with Crippen molar-refractivity contribution in [3.63, 3.8) is 0 Å². The van der Waals surface area contributed by atoms with E-state index in [1.54, 1.807) is 31.2 Å². The van der Waals surface area contributed by atoms with Crippen molar-refractivity contribution in [3.05, 3.63) is 29.8 Å². The fourth-order valence-electron chi connectivity index (χ4n) is 1.64. The second kappa shape index (κ2) is 4.99. The van der Waals surface area contributed by atoms with Crippen LogP contribution in [0.3, 0.4) is 0 Å². The highest BCUT2D eigenvalue weighted by Gasteiger charge is 2.37. The minimum absolute atomic E-state index is 0.0999. The number of hydrogen-bond donors (Lipinski definition) is 1. The molecule has 88 valence electrons. The van der Waals surface area contributed by atoms with E-state index in [2.05, 4.69) is 0 Å². The van der Waals surface area contributed by atoms with Gasteiger partial charge in [-0.1, -0.05) is 18.2 Å². The maximum absolute atomic E-state index is 11.3. The summed E-state index contributed by atoms with van der Waals surface area (Å²) in [4.78, 5) is 11.3. The lowest BCUT2D eigenvalue weighted by Gasteiger charge is -2.26. The number of carbonyl (C=O) groups is 1. The number of rotatable bonds is 5. The molecule has 16 heavy (non-hydrogen) atoms. The van der Waals surface area contributed by atoms with Crippen molar-refractivity contribution in [1.29, 1.82) is 0 Å². The molecule has 0 aromatic heterocycles. The molecule has 1 unspecified atom stereocenters. The van der Waals surface area contributed by atoms with Gasteiger partial charge < -0.3 is 14.6 Å². The Morgan fingerprint density at radius 2 is 2.00 bits per heavy atom. The maximum atomic E-state index is 11.3. The summed E-state index contributed by atoms with van der Waals surface area (Å²) in [5.41, 5.74) is -0.478. The first-order chi connectivity index (χ1) is 7.56. The Kier molecular flexibility index (Phi) is 3.90. The Hall–Kier alpha value is -1.55. The van der Waals surface area contributed by atoms with E-state index in [-0.39, 0.29) is 6.61 Å². The Bertz CT molecular complexity index is 375. The molecule has 1 aromatic rings. The quantitative estimate of drug-likeness (QED) is 0.826. The van der Waals surface area contributed by atoms with Crippen LogP contribution in [0.1, 0.15) is 12.5 Å². The van der Waals surface area contributed by atoms with E-state index in [4.69, 9.17) is 9.47 Å². The minimum atomic E-state index is -1.10. The zero-order valence-corrected chi connectivity index (χ0v) is 9.69. The smallest absolute Gasteiger partial charge is 0.316 e. The maximum Gasteiger partial charge on any atom is 0.316 e. The molecule has 0 amide bonds. The lowest BCUT2D eigenvalue weighted by atomic mass is 9.83. The van der Waals surface area contributed by atoms with Crippen molar-refractivity contribution < 1.29 is 19.4 Å². The Morgan fingerprint density at radius 3 is 2.50 bits per heavy atom. The van der Waals surface area contributed by atoms with Gasteiger partial charge in [0.1, 0.15) is 11.2 Å². The van der Waals surface area contributed by atoms with Crippen molar-refractivity contribution in [3.8, 4) is 5.75 Å². The number of carboxylic acids is 1. The highest BCUT2D eigenvalue weighted by molar-refractivity contribution is 5.82. The largest absolute Gasteiger partial charge is 0.496 e. The van der Waals surface area contributed by atoms with E-state index in [1.165, 1.54) is 14.2 Å². The predicted octanol–water partition coefficient (Wildman–Crippen LogP) is 1.68. The SMILES string of the molecule is COCC(C)(C(=O)O)c1ccccc1OC. The molecular formula is C12H16O4. The van der Waals surface area contributed by atoms with Crippen LogP contribution in [0.2, 0.25) is 0 Å². The fraction of sp³-hybridized carbons (Fsp3) is 0.417. The summed E-state index contributed by atoms with van der Waals surface area (Å²) >= 11 is 0. The minimum Gasteiger partial charge on any atom is -0.496 e. The first-order valence-electron chi connectivity index (χ1n) is 4.92. The van der Waals surface area contributed by atoms with Crippen LogP contribution in [-0.2, 0) is 14.9 Å². The molecule has 1 aromatic carbocycles. The molecule has 1 rings (SSSR count). The number of para-hydroxylation sites is 1. The number of ether oxygens (including phenoxy) is 2. The molecule has 0 aliphatic carbocycles. The van der Waals surface area contributed by atoms with Crippen LogP contribution >= 0.6 is 0 Å². The van der Waals surface area contributed by atoms with Gasteiger partial charge in [-0.3, -0.25) is 4.79 Å². The van der Waals surface area contributed by atoms with Crippen LogP contribution in [0.15, 0.2) is 24.3 Å². The van der Waals surface area contributed by atoms with Gasteiger partial charge in [0.25, 0.3) is 0 Å². The molecule has 0 radical (unpaired) electrons. The third-order valence-electron chi connectivity index (χ3n) is 2.61. The molecule has 0 heterocycles. The molecule has 1 N–H and O–H groups in total. The van der Waals surface area contributed by atoms with E-state index in [1.807, 2.05) is 0 Å². The van der Waals surface area contributed by atoms with Crippen LogP contribution in [0.25, 0.3) is 0 Å². The van der Waals surface area contributed by atoms with Crippen LogP contribution in [0.5, 0.6) is 5.75 Å². The summed E-state index contributed by atoms with van der Waals surface area (Å²) in [6, 6.07) is 7.07. The highest BCUT2D eigenvalue weighted by atomic mass is 16.5. The number of aliphatic carboxylic acids is 1. The fourth-order valence-corrected chi connectivity index (χ4v) is 1.64. The summed E-state index contributed by atoms with van der Waals surface area (Å²) in [6.07, 6.45) is 0. The zero-order chi connectivity index (χ0) is 12.2. The van der Waals surface area contributed by atoms with Crippen LogP contribution in [0.4, 0.5) is 0 Å². The zero-order valence-electron chi connectivity index (χ0n) is 9.69. The molecule has 0 aliphatic rings. The van der Waals surface area contributed by atoms with Gasteiger partial charge in [0.2, 0.25) is 0 Å². The highest BCUT2D eigenvalue weighted by Crippen LogP contribution is 2.32. The van der Waals surface area contributed by atoms with E-state index in [0.29, 0.717) is 11.3 Å². The van der Waals surface area contributed by atoms with Crippen LogP contribution in [-0.4, -0.2) is 31.9 Å². The topological polar surface area (TPSA) is 55.8 Å². The molecule has 0 aliphatic heterocycles. The van der Waals surface area contributed by atoms with Crippen molar-refractivity contribution in [2.24, 2.45) is 0 Å². The van der Waals surface area contributed by atoms with Crippen LogP contribution < -0.4 is 4.74 Å². The van der Waals surface area contributed by atoms with Gasteiger partial charge in [0, 0.05) is 12.7 Å². The van der Waals surface area contributed by atoms with Gasteiger partial charge in [-0.2, -0.15) is 0 Å². The summed E-state index contributed by atoms with van der Waals surface area (Å²) in [5.74, 6) is -0.372. The molecule has 4 nitrogen and oxygen atoms in total. The summed E-state index contributed by atoms with van der Waals surface area (Å²) < 4.78 is 10.2. The van der Waals surface area contributed by atoms with Gasteiger partial charge in [0.05, 0.1) is 13.7 Å². The van der Waals surface area contributed by atoms with Gasteiger partial charge in [-0.25, -0.2) is 0 Å². The molecule has 0 saturated carbocycles. The second-order valence-corrected chi connectivity index (χ2v) is 3.77. The summed E-state index contributed by atoms with van der Waals surface area (Å²) in [5, 5.41) is 9.30. The molecule has 0 fully saturated rings. The third-order valence-corrected chi connectivity index (χ3v) is 2.61. The van der Waals surface area contributed by atoms with Gasteiger partial charge in [0.15, 0.2) is 0 Å². The number of carboxylic acid groups (broad SMARTS) is 1. The molecule has 1 atom stereocenters. The molecule has 0 bridgehead atoms. The first-order valence-corrected chi connectivity index (χ1v) is 4.92. The van der Waals surface area contributed by atoms with Crippen LogP contribution in [0, 0.1) is 0 Å². The van der Waals surface area contributed by atoms with E-state index in [0.717, 1.165) is 0 Å². The molecule has 0 saturated heterocycles. The molecule has 0 spiro atoms. The Labute approximate surface area is 94.8 Å². The standard InChI is InChI=1S/C12H16O4/c1-12(8-15-2,11(13)14)9-6-4-5-7-10(9)16-3/h4-7H,8H2,1-3H3,(H,13,14). The van der Waals surface area contributed by atoms with E-state index < -0.39 is 11.4 Å². The first kappa shape index (κ1) is 12.5. The predicted molar refractivity (Wildman–Crippen MR) is 59.9 cm³/mol. The van der Waals surface area contributed by atoms with Crippen molar-refractivity contribution >= 4 is 5.97 Å². The number of methoxy groups -OCH3 is 2. The van der Waals surface area contributed by atoms with Crippen molar-refractivity contribution in [2.45, 2.75) is 12.3 Å². The normalized spacial score (nSPS) is 14.2. The van der Waals surface area contributed by atoms with Gasteiger partial charge >= 0.3 is 5.97 Å². The second-order valence-electron chi connectivity index (χ2n) is 3.77. The van der Waals surface area contributed by atoms with Crippen molar-refractivity contribution in [2.75, 3.05) is 20.8 Å². The monoisotopic (exact) mass is 224 g/mol. The molecular weight excluding hydrogens is 208 g/mol. The summed E-state index contributed by atoms with van der Waals surface area (Å²) in [6.45, 7) is 1.72.